The quantitative estimate of drug-likeness (QED) is 0.541. The van der Waals surface area contributed by atoms with Gasteiger partial charge in [0, 0.05) is 36.5 Å². The van der Waals surface area contributed by atoms with Gasteiger partial charge in [-0.25, -0.2) is 17.2 Å². The highest BCUT2D eigenvalue weighted by Gasteiger charge is 2.27. The molecule has 3 aromatic rings. The Morgan fingerprint density at radius 1 is 1.03 bits per heavy atom. The summed E-state index contributed by atoms with van der Waals surface area (Å²) in [6, 6.07) is 12.1. The van der Waals surface area contributed by atoms with E-state index in [9.17, 15) is 22.4 Å². The number of carbonyl (C=O) groups is 2. The van der Waals surface area contributed by atoms with Crippen LogP contribution in [-0.2, 0) is 22.8 Å². The van der Waals surface area contributed by atoms with Crippen LogP contribution in [0.5, 0.6) is 5.75 Å². The van der Waals surface area contributed by atoms with E-state index in [1.807, 2.05) is 0 Å². The van der Waals surface area contributed by atoms with E-state index >= 15 is 4.39 Å². The van der Waals surface area contributed by atoms with Gasteiger partial charge in [-0.2, -0.15) is 0 Å². The van der Waals surface area contributed by atoms with Gasteiger partial charge in [-0.05, 0) is 53.9 Å². The zero-order valence-corrected chi connectivity index (χ0v) is 21.4. The first kappa shape index (κ1) is 26.3. The molecule has 0 spiro atoms. The maximum absolute atomic E-state index is 15.0. The molecular weight excluding hydrogens is 502 g/mol. The van der Waals surface area contributed by atoms with Crippen molar-refractivity contribution in [1.29, 1.82) is 0 Å². The van der Waals surface area contributed by atoms with E-state index in [2.05, 4.69) is 5.32 Å². The highest BCUT2D eigenvalue weighted by atomic mass is 32.2. The minimum atomic E-state index is -3.79. The van der Waals surface area contributed by atoms with Crippen LogP contribution in [0.25, 0.3) is 11.1 Å². The number of nitrogens with zero attached hydrogens (tertiary/aromatic N) is 1. The molecule has 0 bridgehead atoms. The molecule has 0 saturated heterocycles. The third-order valence-electron chi connectivity index (χ3n) is 6.29. The highest BCUT2D eigenvalue weighted by Crippen LogP contribution is 2.31. The lowest BCUT2D eigenvalue weighted by Gasteiger charge is -2.22. The Labute approximate surface area is 214 Å². The van der Waals surface area contributed by atoms with Crippen LogP contribution in [-0.4, -0.2) is 51.6 Å². The van der Waals surface area contributed by atoms with E-state index < -0.39 is 38.2 Å². The van der Waals surface area contributed by atoms with Crippen LogP contribution in [0.3, 0.4) is 0 Å². The molecule has 0 saturated carbocycles. The molecule has 0 atom stereocenters. The van der Waals surface area contributed by atoms with Crippen molar-refractivity contribution >= 4 is 21.7 Å². The largest absolute Gasteiger partial charge is 0.491 e. The second-order valence-electron chi connectivity index (χ2n) is 8.70. The zero-order chi connectivity index (χ0) is 26.9. The average Bonchev–Trinajstić information content (AvgIpc) is 3.08. The summed E-state index contributed by atoms with van der Waals surface area (Å²) in [5.41, 5.74) is 1.95. The van der Waals surface area contributed by atoms with Gasteiger partial charge in [-0.1, -0.05) is 19.1 Å². The second-order valence-corrected chi connectivity index (χ2v) is 10.7. The molecule has 1 N–H and O–H groups in total. The van der Waals surface area contributed by atoms with E-state index in [1.165, 1.54) is 30.1 Å². The van der Waals surface area contributed by atoms with Gasteiger partial charge >= 0.3 is 0 Å². The number of ether oxygens (including phenoxy) is 1. The van der Waals surface area contributed by atoms with E-state index in [4.69, 9.17) is 4.74 Å². The number of halogens is 2. The van der Waals surface area contributed by atoms with Crippen molar-refractivity contribution in [3.63, 3.8) is 0 Å². The molecule has 1 heterocycles. The van der Waals surface area contributed by atoms with E-state index in [0.29, 0.717) is 22.4 Å². The van der Waals surface area contributed by atoms with Crippen LogP contribution >= 0.6 is 0 Å². The number of hydrogen-bond acceptors (Lipinski definition) is 5. The van der Waals surface area contributed by atoms with Gasteiger partial charge in [-0.3, -0.25) is 9.59 Å². The molecule has 0 fully saturated rings. The third-order valence-corrected chi connectivity index (χ3v) is 7.41. The summed E-state index contributed by atoms with van der Waals surface area (Å²) in [5, 5.41) is 2.39. The van der Waals surface area contributed by atoms with E-state index in [1.54, 1.807) is 31.2 Å². The number of carbonyl (C=O) groups excluding carboxylic acids is 2. The molecule has 0 aliphatic carbocycles. The molecule has 0 unspecified atom stereocenters. The number of rotatable bonds is 5. The van der Waals surface area contributed by atoms with Gasteiger partial charge in [0.2, 0.25) is 0 Å². The first-order valence-corrected chi connectivity index (χ1v) is 13.5. The summed E-state index contributed by atoms with van der Waals surface area (Å²) >= 11 is 0. The van der Waals surface area contributed by atoms with Crippen molar-refractivity contribution in [2.24, 2.45) is 0 Å². The molecule has 0 radical (unpaired) electrons. The lowest BCUT2D eigenvalue weighted by Crippen LogP contribution is -2.33. The molecule has 3 aromatic carbocycles. The van der Waals surface area contributed by atoms with Gasteiger partial charge in [0.25, 0.3) is 11.8 Å². The van der Waals surface area contributed by atoms with Gasteiger partial charge in [-0.15, -0.1) is 0 Å². The van der Waals surface area contributed by atoms with Crippen LogP contribution < -0.4 is 10.1 Å². The molecular formula is C27H26F2N2O5S. The fourth-order valence-electron chi connectivity index (χ4n) is 4.36. The van der Waals surface area contributed by atoms with Crippen molar-refractivity contribution < 1.29 is 31.5 Å². The number of nitrogens with one attached hydrogen (secondary N) is 1. The van der Waals surface area contributed by atoms with Gasteiger partial charge in [0.05, 0.1) is 12.1 Å². The SMILES string of the molecule is CCc1c(C(=O)N2CCOc3ccc(-c4ccc(C(=O)NC)c(F)c4)cc3C2)ccc(S(C)(=O)=O)c1F. The summed E-state index contributed by atoms with van der Waals surface area (Å²) in [6.45, 7) is 2.25. The third kappa shape index (κ3) is 5.20. The Kier molecular flexibility index (Phi) is 7.31. The Hall–Kier alpha value is -3.79. The van der Waals surface area contributed by atoms with Crippen LogP contribution in [0.4, 0.5) is 8.78 Å². The molecule has 1 aliphatic heterocycles. The van der Waals surface area contributed by atoms with Crippen molar-refractivity contribution in [3.8, 4) is 16.9 Å². The first-order valence-electron chi connectivity index (χ1n) is 11.6. The normalized spacial score (nSPS) is 13.4. The fraction of sp³-hybridized carbons (Fsp3) is 0.259. The molecule has 37 heavy (non-hydrogen) atoms. The molecule has 0 aromatic heterocycles. The monoisotopic (exact) mass is 528 g/mol. The van der Waals surface area contributed by atoms with E-state index in [0.717, 1.165) is 12.3 Å². The summed E-state index contributed by atoms with van der Waals surface area (Å²) in [5.74, 6) is -1.98. The lowest BCUT2D eigenvalue weighted by molar-refractivity contribution is 0.0731. The average molecular weight is 529 g/mol. The minimum Gasteiger partial charge on any atom is -0.491 e. The Balaban J connectivity index is 1.67. The van der Waals surface area contributed by atoms with Crippen LogP contribution in [0.2, 0.25) is 0 Å². The number of sulfone groups is 1. The lowest BCUT2D eigenvalue weighted by atomic mass is 9.99. The van der Waals surface area contributed by atoms with Crippen LogP contribution in [0, 0.1) is 11.6 Å². The summed E-state index contributed by atoms with van der Waals surface area (Å²) in [6.07, 6.45) is 1.06. The van der Waals surface area contributed by atoms with Crippen molar-refractivity contribution in [2.75, 3.05) is 26.5 Å². The van der Waals surface area contributed by atoms with Gasteiger partial charge < -0.3 is 15.0 Å². The van der Waals surface area contributed by atoms with E-state index in [-0.39, 0.29) is 42.8 Å². The van der Waals surface area contributed by atoms with Crippen LogP contribution in [0.15, 0.2) is 53.4 Å². The number of fused-ring (bicyclic) bond motifs is 1. The summed E-state index contributed by atoms with van der Waals surface area (Å²) < 4.78 is 59.2. The van der Waals surface area contributed by atoms with Crippen molar-refractivity contribution in [3.05, 3.63) is 82.4 Å². The Bertz CT molecular complexity index is 1500. The predicted octanol–water partition coefficient (Wildman–Crippen LogP) is 3.99. The van der Waals surface area contributed by atoms with Crippen LogP contribution in [0.1, 0.15) is 38.8 Å². The topological polar surface area (TPSA) is 92.8 Å². The van der Waals surface area contributed by atoms with Crippen molar-refractivity contribution in [1.82, 2.24) is 10.2 Å². The summed E-state index contributed by atoms with van der Waals surface area (Å²) in [4.78, 5) is 26.3. The fourth-order valence-corrected chi connectivity index (χ4v) is 5.13. The predicted molar refractivity (Wildman–Crippen MR) is 134 cm³/mol. The molecule has 2 amide bonds. The zero-order valence-electron chi connectivity index (χ0n) is 20.6. The molecule has 7 nitrogen and oxygen atoms in total. The molecule has 1 aliphatic rings. The number of benzene rings is 3. The van der Waals surface area contributed by atoms with Crippen molar-refractivity contribution in [2.45, 2.75) is 24.8 Å². The maximum atomic E-state index is 15.0. The van der Waals surface area contributed by atoms with Gasteiger partial charge in [0.1, 0.15) is 28.9 Å². The van der Waals surface area contributed by atoms with Gasteiger partial charge in [0.15, 0.2) is 9.84 Å². The maximum Gasteiger partial charge on any atom is 0.254 e. The Morgan fingerprint density at radius 2 is 1.70 bits per heavy atom. The minimum absolute atomic E-state index is 0.0405. The molecule has 4 rings (SSSR count). The molecule has 194 valence electrons. The molecule has 10 heteroatoms. The standard InChI is InChI=1S/C27H26F2N2O5S/c1-4-19-20(8-10-24(25(19)29)37(3,34)35)27(33)31-11-12-36-23-9-6-16(13-18(23)15-31)17-5-7-21(22(28)14-17)26(32)30-2/h5-10,13-14H,4,11-12,15H2,1-3H3,(H,30,32). The summed E-state index contributed by atoms with van der Waals surface area (Å²) in [7, 11) is -2.37. The number of hydrogen-bond donors (Lipinski definition) is 1. The number of amides is 2. The second kappa shape index (κ2) is 10.3. The smallest absolute Gasteiger partial charge is 0.254 e. The first-order chi connectivity index (χ1) is 17.5. The Morgan fingerprint density at radius 3 is 2.35 bits per heavy atom. The highest BCUT2D eigenvalue weighted by molar-refractivity contribution is 7.90.